The maximum atomic E-state index is 12.3. The van der Waals surface area contributed by atoms with E-state index in [9.17, 15) is 9.59 Å². The fraction of sp³-hybridized carbons (Fsp3) is 0.556. The minimum atomic E-state index is -0.125. The molecule has 0 aliphatic carbocycles. The zero-order chi connectivity index (χ0) is 16.8. The molecule has 1 aliphatic rings. The van der Waals surface area contributed by atoms with E-state index in [1.54, 1.807) is 0 Å². The second-order valence-electron chi connectivity index (χ2n) is 6.34. The van der Waals surface area contributed by atoms with Crippen molar-refractivity contribution in [2.24, 2.45) is 5.92 Å². The Balaban J connectivity index is 1.89. The summed E-state index contributed by atoms with van der Waals surface area (Å²) in [6.07, 6.45) is 1.82. The fourth-order valence-electron chi connectivity index (χ4n) is 3.06. The Morgan fingerprint density at radius 3 is 2.87 bits per heavy atom. The van der Waals surface area contributed by atoms with Gasteiger partial charge in [0.1, 0.15) is 5.92 Å². The first-order valence-corrected chi connectivity index (χ1v) is 8.37. The fourth-order valence-corrected chi connectivity index (χ4v) is 3.06. The van der Waals surface area contributed by atoms with Gasteiger partial charge in [0.2, 0.25) is 0 Å². The van der Waals surface area contributed by atoms with Crippen molar-refractivity contribution in [3.63, 3.8) is 0 Å². The molecular weight excluding hydrogens is 292 g/mol. The number of esters is 1. The first-order chi connectivity index (χ1) is 11.0. The smallest absolute Gasteiger partial charge is 0.314 e. The number of carbonyl (C=O) groups excluding carboxylic acids is 2. The van der Waals surface area contributed by atoms with E-state index < -0.39 is 0 Å². The van der Waals surface area contributed by atoms with Crippen molar-refractivity contribution >= 4 is 17.6 Å². The molecule has 2 rings (SSSR count). The molecule has 126 valence electrons. The molecule has 1 aromatic rings. The SMILES string of the molecule is CCOC(=O)[C@H]1CCC[NH+](CC(=O)Nc2cc(C)ccc2C)C1. The van der Waals surface area contributed by atoms with Gasteiger partial charge in [0.05, 0.1) is 19.7 Å². The lowest BCUT2D eigenvalue weighted by molar-refractivity contribution is -0.899. The van der Waals surface area contributed by atoms with E-state index in [4.69, 9.17) is 4.74 Å². The molecule has 1 amide bonds. The van der Waals surface area contributed by atoms with E-state index in [1.165, 1.54) is 0 Å². The standard InChI is InChI=1S/C18H26N2O3/c1-4-23-18(22)15-6-5-9-20(11-15)12-17(21)19-16-10-13(2)7-8-14(16)3/h7-8,10,15H,4-6,9,11-12H2,1-3H3,(H,19,21)/p+1/t15-/m0/s1. The van der Waals surface area contributed by atoms with Crippen LogP contribution in [0.1, 0.15) is 30.9 Å². The molecule has 1 heterocycles. The van der Waals surface area contributed by atoms with E-state index in [0.717, 1.165) is 41.1 Å². The third-order valence-corrected chi connectivity index (χ3v) is 4.32. The molecule has 1 aromatic carbocycles. The van der Waals surface area contributed by atoms with Gasteiger partial charge in [-0.3, -0.25) is 9.59 Å². The number of ether oxygens (including phenoxy) is 1. The maximum Gasteiger partial charge on any atom is 0.314 e. The van der Waals surface area contributed by atoms with Crippen LogP contribution in [-0.4, -0.2) is 38.1 Å². The van der Waals surface area contributed by atoms with Crippen molar-refractivity contribution in [3.05, 3.63) is 29.3 Å². The number of nitrogens with one attached hydrogen (secondary N) is 2. The molecule has 1 aliphatic heterocycles. The van der Waals surface area contributed by atoms with Gasteiger partial charge in [-0.15, -0.1) is 0 Å². The minimum Gasteiger partial charge on any atom is -0.466 e. The maximum absolute atomic E-state index is 12.3. The summed E-state index contributed by atoms with van der Waals surface area (Å²) >= 11 is 0. The molecule has 1 unspecified atom stereocenters. The van der Waals surface area contributed by atoms with Gasteiger partial charge in [0, 0.05) is 5.69 Å². The summed E-state index contributed by atoms with van der Waals surface area (Å²) in [5.74, 6) is -0.204. The zero-order valence-electron chi connectivity index (χ0n) is 14.3. The van der Waals surface area contributed by atoms with Gasteiger partial charge in [-0.05, 0) is 50.8 Å². The Hall–Kier alpha value is -1.88. The van der Waals surface area contributed by atoms with Gasteiger partial charge in [0.25, 0.3) is 5.91 Å². The number of anilines is 1. The Morgan fingerprint density at radius 1 is 1.35 bits per heavy atom. The highest BCUT2D eigenvalue weighted by atomic mass is 16.5. The van der Waals surface area contributed by atoms with Crippen molar-refractivity contribution in [2.45, 2.75) is 33.6 Å². The van der Waals surface area contributed by atoms with Crippen LogP contribution in [0.25, 0.3) is 0 Å². The van der Waals surface area contributed by atoms with Gasteiger partial charge >= 0.3 is 5.97 Å². The van der Waals surface area contributed by atoms with Crippen LogP contribution >= 0.6 is 0 Å². The molecule has 0 aromatic heterocycles. The molecule has 23 heavy (non-hydrogen) atoms. The molecule has 0 radical (unpaired) electrons. The molecule has 1 fully saturated rings. The molecule has 0 spiro atoms. The van der Waals surface area contributed by atoms with E-state index in [1.807, 2.05) is 39.0 Å². The molecule has 1 saturated heterocycles. The summed E-state index contributed by atoms with van der Waals surface area (Å²) in [7, 11) is 0. The van der Waals surface area contributed by atoms with Crippen LogP contribution in [0.5, 0.6) is 0 Å². The van der Waals surface area contributed by atoms with Crippen LogP contribution in [0.2, 0.25) is 0 Å². The lowest BCUT2D eigenvalue weighted by atomic mass is 9.98. The molecular formula is C18H27N2O3+. The second-order valence-corrected chi connectivity index (χ2v) is 6.34. The van der Waals surface area contributed by atoms with Gasteiger partial charge in [-0.2, -0.15) is 0 Å². The number of piperidine rings is 1. The Labute approximate surface area is 138 Å². The number of quaternary nitrogens is 1. The monoisotopic (exact) mass is 319 g/mol. The number of aryl methyl sites for hydroxylation is 2. The van der Waals surface area contributed by atoms with Crippen molar-refractivity contribution in [1.82, 2.24) is 0 Å². The summed E-state index contributed by atoms with van der Waals surface area (Å²) < 4.78 is 5.11. The summed E-state index contributed by atoms with van der Waals surface area (Å²) in [6, 6.07) is 6.03. The third-order valence-electron chi connectivity index (χ3n) is 4.32. The lowest BCUT2D eigenvalue weighted by Gasteiger charge is -2.28. The number of hydrogen-bond acceptors (Lipinski definition) is 3. The largest absolute Gasteiger partial charge is 0.466 e. The molecule has 5 heteroatoms. The van der Waals surface area contributed by atoms with E-state index in [2.05, 4.69) is 5.32 Å². The van der Waals surface area contributed by atoms with E-state index in [0.29, 0.717) is 19.7 Å². The van der Waals surface area contributed by atoms with Crippen molar-refractivity contribution < 1.29 is 19.2 Å². The summed E-state index contributed by atoms with van der Waals surface area (Å²) in [6.45, 7) is 8.23. The number of benzene rings is 1. The summed E-state index contributed by atoms with van der Waals surface area (Å²) in [5.41, 5.74) is 3.05. The van der Waals surface area contributed by atoms with E-state index in [-0.39, 0.29) is 17.8 Å². The van der Waals surface area contributed by atoms with Crippen LogP contribution in [0.15, 0.2) is 18.2 Å². The van der Waals surface area contributed by atoms with Gasteiger partial charge in [-0.25, -0.2) is 0 Å². The normalized spacial score (nSPS) is 20.8. The van der Waals surface area contributed by atoms with E-state index >= 15 is 0 Å². The number of carbonyl (C=O) groups is 2. The Morgan fingerprint density at radius 2 is 2.13 bits per heavy atom. The van der Waals surface area contributed by atoms with Crippen LogP contribution in [0.3, 0.4) is 0 Å². The van der Waals surface area contributed by atoms with Gasteiger partial charge < -0.3 is 15.0 Å². The number of rotatable bonds is 5. The molecule has 2 N–H and O–H groups in total. The number of likely N-dealkylation sites (tertiary alicyclic amines) is 1. The van der Waals surface area contributed by atoms with Gasteiger partial charge in [-0.1, -0.05) is 12.1 Å². The quantitative estimate of drug-likeness (QED) is 0.799. The topological polar surface area (TPSA) is 59.8 Å². The van der Waals surface area contributed by atoms with Crippen LogP contribution < -0.4 is 10.2 Å². The van der Waals surface area contributed by atoms with Crippen molar-refractivity contribution in [3.8, 4) is 0 Å². The summed E-state index contributed by atoms with van der Waals surface area (Å²) in [4.78, 5) is 25.3. The van der Waals surface area contributed by atoms with Crippen molar-refractivity contribution in [2.75, 3.05) is 31.6 Å². The highest BCUT2D eigenvalue weighted by molar-refractivity contribution is 5.92. The molecule has 0 saturated carbocycles. The first kappa shape index (κ1) is 17.5. The zero-order valence-corrected chi connectivity index (χ0v) is 14.3. The Bertz CT molecular complexity index is 571. The highest BCUT2D eigenvalue weighted by Gasteiger charge is 2.30. The second kappa shape index (κ2) is 8.11. The van der Waals surface area contributed by atoms with Gasteiger partial charge in [0.15, 0.2) is 6.54 Å². The van der Waals surface area contributed by atoms with Crippen molar-refractivity contribution in [1.29, 1.82) is 0 Å². The summed E-state index contributed by atoms with van der Waals surface area (Å²) in [5, 5.41) is 2.99. The lowest BCUT2D eigenvalue weighted by Crippen LogP contribution is -3.14. The molecule has 5 nitrogen and oxygen atoms in total. The Kier molecular flexibility index (Phi) is 6.16. The number of amides is 1. The minimum absolute atomic E-state index is 0.00166. The average molecular weight is 319 g/mol. The molecule has 0 bridgehead atoms. The third kappa shape index (κ3) is 5.06. The van der Waals surface area contributed by atoms with Crippen LogP contribution in [0.4, 0.5) is 5.69 Å². The van der Waals surface area contributed by atoms with Crippen LogP contribution in [0, 0.1) is 19.8 Å². The average Bonchev–Trinajstić information content (AvgIpc) is 2.51. The highest BCUT2D eigenvalue weighted by Crippen LogP contribution is 2.16. The first-order valence-electron chi connectivity index (χ1n) is 8.37. The predicted octanol–water partition coefficient (Wildman–Crippen LogP) is 1.10. The van der Waals surface area contributed by atoms with Crippen LogP contribution in [-0.2, 0) is 14.3 Å². The molecule has 2 atom stereocenters. The number of hydrogen-bond donors (Lipinski definition) is 2. The predicted molar refractivity (Wildman–Crippen MR) is 89.5 cm³/mol.